The molecule has 0 radical (unpaired) electrons. The van der Waals surface area contributed by atoms with Gasteiger partial charge in [-0.3, -0.25) is 4.79 Å². The highest BCUT2D eigenvalue weighted by Crippen LogP contribution is 2.23. The van der Waals surface area contributed by atoms with Crippen molar-refractivity contribution in [2.75, 3.05) is 6.61 Å². The van der Waals surface area contributed by atoms with E-state index in [1.807, 2.05) is 25.1 Å². The number of carbonyl (C=O) groups is 1. The third kappa shape index (κ3) is 3.47. The van der Waals surface area contributed by atoms with Gasteiger partial charge >= 0.3 is 0 Å². The van der Waals surface area contributed by atoms with Gasteiger partial charge in [0.1, 0.15) is 0 Å². The molecule has 104 valence electrons. The van der Waals surface area contributed by atoms with Crippen LogP contribution >= 0.6 is 11.6 Å². The van der Waals surface area contributed by atoms with Crippen molar-refractivity contribution in [2.45, 2.75) is 38.0 Å². The summed E-state index contributed by atoms with van der Waals surface area (Å²) < 4.78 is 5.51. The van der Waals surface area contributed by atoms with Crippen LogP contribution in [0.5, 0.6) is 0 Å². The molecule has 0 aromatic heterocycles. The second kappa shape index (κ2) is 6.37. The summed E-state index contributed by atoms with van der Waals surface area (Å²) in [7, 11) is 0. The number of benzene rings is 1. The predicted octanol–water partition coefficient (Wildman–Crippen LogP) is 1.50. The largest absolute Gasteiger partial charge is 0.376 e. The van der Waals surface area contributed by atoms with E-state index in [0.29, 0.717) is 11.6 Å². The molecule has 4 nitrogen and oxygen atoms in total. The van der Waals surface area contributed by atoms with E-state index >= 15 is 0 Å². The van der Waals surface area contributed by atoms with Crippen molar-refractivity contribution in [1.29, 1.82) is 0 Å². The third-order valence-corrected chi connectivity index (χ3v) is 3.75. The van der Waals surface area contributed by atoms with Crippen LogP contribution in [0.3, 0.4) is 0 Å². The maximum absolute atomic E-state index is 12.0. The zero-order chi connectivity index (χ0) is 13.8. The molecule has 3 N–H and O–H groups in total. The lowest BCUT2D eigenvalue weighted by atomic mass is 9.83. The van der Waals surface area contributed by atoms with Gasteiger partial charge in [-0.15, -0.1) is 0 Å². The fourth-order valence-corrected chi connectivity index (χ4v) is 2.48. The van der Waals surface area contributed by atoms with Gasteiger partial charge in [0.15, 0.2) is 0 Å². The average molecular weight is 283 g/mol. The Bertz CT molecular complexity index is 451. The van der Waals surface area contributed by atoms with Crippen LogP contribution in [-0.4, -0.2) is 30.7 Å². The van der Waals surface area contributed by atoms with Gasteiger partial charge in [-0.2, -0.15) is 0 Å². The summed E-state index contributed by atoms with van der Waals surface area (Å²) in [4.78, 5) is 12.0. The first kappa shape index (κ1) is 14.3. The van der Waals surface area contributed by atoms with Crippen molar-refractivity contribution in [2.24, 2.45) is 5.73 Å². The molecule has 3 unspecified atom stereocenters. The molecular weight excluding hydrogens is 264 g/mol. The number of nitrogens with two attached hydrogens (primary N) is 1. The number of halogens is 1. The summed E-state index contributed by atoms with van der Waals surface area (Å²) in [5.41, 5.74) is 6.72. The van der Waals surface area contributed by atoms with E-state index in [2.05, 4.69) is 5.32 Å². The predicted molar refractivity (Wildman–Crippen MR) is 75.1 cm³/mol. The monoisotopic (exact) mass is 282 g/mol. The first-order valence-electron chi connectivity index (χ1n) is 6.51. The molecule has 0 spiro atoms. The van der Waals surface area contributed by atoms with Crippen molar-refractivity contribution >= 4 is 17.5 Å². The Morgan fingerprint density at radius 1 is 1.53 bits per heavy atom. The van der Waals surface area contributed by atoms with Gasteiger partial charge in [-0.05, 0) is 25.0 Å². The maximum Gasteiger partial charge on any atom is 0.224 e. The number of hydrogen-bond acceptors (Lipinski definition) is 3. The second-order valence-corrected chi connectivity index (χ2v) is 5.16. The third-order valence-electron chi connectivity index (χ3n) is 3.38. The number of hydrogen-bond donors (Lipinski definition) is 2. The van der Waals surface area contributed by atoms with Crippen LogP contribution < -0.4 is 11.1 Å². The van der Waals surface area contributed by atoms with E-state index in [1.54, 1.807) is 6.07 Å². The Labute approximate surface area is 118 Å². The Morgan fingerprint density at radius 3 is 2.89 bits per heavy atom. The average Bonchev–Trinajstić information content (AvgIpc) is 2.39. The van der Waals surface area contributed by atoms with Crippen LogP contribution in [0.2, 0.25) is 5.02 Å². The lowest BCUT2D eigenvalue weighted by molar-refractivity contribution is -0.125. The van der Waals surface area contributed by atoms with Gasteiger partial charge < -0.3 is 15.8 Å². The number of ether oxygens (including phenoxy) is 1. The Morgan fingerprint density at radius 2 is 2.26 bits per heavy atom. The molecule has 0 heterocycles. The van der Waals surface area contributed by atoms with Crippen molar-refractivity contribution < 1.29 is 9.53 Å². The molecule has 1 amide bonds. The smallest absolute Gasteiger partial charge is 0.224 e. The van der Waals surface area contributed by atoms with Gasteiger partial charge in [0, 0.05) is 17.7 Å². The standard InChI is InChI=1S/C14H19ClN2O2/c1-2-19-12-8-11(16)14(12)17-13(18)7-9-5-3-4-6-10(9)15/h3-6,11-12,14H,2,7-8,16H2,1H3,(H,17,18). The fourth-order valence-electron chi connectivity index (χ4n) is 2.28. The molecule has 3 atom stereocenters. The number of amides is 1. The molecule has 1 aliphatic rings. The van der Waals surface area contributed by atoms with Crippen LogP contribution in [0.25, 0.3) is 0 Å². The number of carbonyl (C=O) groups excluding carboxylic acids is 1. The van der Waals surface area contributed by atoms with Gasteiger partial charge in [0.25, 0.3) is 0 Å². The summed E-state index contributed by atoms with van der Waals surface area (Å²) in [6, 6.07) is 7.23. The Balaban J connectivity index is 1.89. The minimum atomic E-state index is -0.0880. The van der Waals surface area contributed by atoms with E-state index in [1.165, 1.54) is 0 Å². The Hall–Kier alpha value is -1.10. The van der Waals surface area contributed by atoms with E-state index in [9.17, 15) is 4.79 Å². The summed E-state index contributed by atoms with van der Waals surface area (Å²) in [6.45, 7) is 2.57. The zero-order valence-corrected chi connectivity index (χ0v) is 11.7. The molecule has 5 heteroatoms. The second-order valence-electron chi connectivity index (χ2n) is 4.75. The summed E-state index contributed by atoms with van der Waals surface area (Å²) in [6.07, 6.45) is 1.10. The fraction of sp³-hybridized carbons (Fsp3) is 0.500. The van der Waals surface area contributed by atoms with Gasteiger partial charge in [0.2, 0.25) is 5.91 Å². The summed E-state index contributed by atoms with van der Waals surface area (Å²) in [5, 5.41) is 3.54. The van der Waals surface area contributed by atoms with E-state index in [0.717, 1.165) is 12.0 Å². The lowest BCUT2D eigenvalue weighted by Gasteiger charge is -2.42. The molecule has 1 aliphatic carbocycles. The van der Waals surface area contributed by atoms with E-state index in [-0.39, 0.29) is 30.5 Å². The molecule has 0 aliphatic heterocycles. The first-order chi connectivity index (χ1) is 9.11. The quantitative estimate of drug-likeness (QED) is 0.860. The van der Waals surface area contributed by atoms with Crippen LogP contribution in [-0.2, 0) is 16.0 Å². The molecule has 1 aromatic carbocycles. The SMILES string of the molecule is CCOC1CC(N)C1NC(=O)Cc1ccccc1Cl. The highest BCUT2D eigenvalue weighted by atomic mass is 35.5. The van der Waals surface area contributed by atoms with Crippen LogP contribution in [0.1, 0.15) is 18.9 Å². The molecule has 19 heavy (non-hydrogen) atoms. The highest BCUT2D eigenvalue weighted by Gasteiger charge is 2.40. The summed E-state index contributed by atoms with van der Waals surface area (Å²) >= 11 is 6.03. The minimum absolute atomic E-state index is 0.0215. The number of rotatable bonds is 5. The molecule has 1 fully saturated rings. The topological polar surface area (TPSA) is 64.3 Å². The number of nitrogens with one attached hydrogen (secondary N) is 1. The van der Waals surface area contributed by atoms with E-state index < -0.39 is 0 Å². The van der Waals surface area contributed by atoms with Gasteiger partial charge in [-0.1, -0.05) is 29.8 Å². The maximum atomic E-state index is 12.0. The highest BCUT2D eigenvalue weighted by molar-refractivity contribution is 6.31. The molecular formula is C14H19ClN2O2. The van der Waals surface area contributed by atoms with Crippen molar-refractivity contribution in [3.05, 3.63) is 34.9 Å². The van der Waals surface area contributed by atoms with Crippen LogP contribution in [0, 0.1) is 0 Å². The van der Waals surface area contributed by atoms with Crippen LogP contribution in [0.15, 0.2) is 24.3 Å². The first-order valence-corrected chi connectivity index (χ1v) is 6.89. The van der Waals surface area contributed by atoms with Crippen molar-refractivity contribution in [3.63, 3.8) is 0 Å². The van der Waals surface area contributed by atoms with E-state index in [4.69, 9.17) is 22.1 Å². The lowest BCUT2D eigenvalue weighted by Crippen LogP contribution is -2.64. The van der Waals surface area contributed by atoms with Gasteiger partial charge in [0.05, 0.1) is 18.6 Å². The van der Waals surface area contributed by atoms with Gasteiger partial charge in [-0.25, -0.2) is 0 Å². The summed E-state index contributed by atoms with van der Waals surface area (Å²) in [5.74, 6) is -0.0713. The molecule has 0 saturated heterocycles. The molecule has 2 rings (SSSR count). The molecule has 1 saturated carbocycles. The van der Waals surface area contributed by atoms with Crippen molar-refractivity contribution in [3.8, 4) is 0 Å². The minimum Gasteiger partial charge on any atom is -0.376 e. The molecule has 1 aromatic rings. The van der Waals surface area contributed by atoms with Crippen molar-refractivity contribution in [1.82, 2.24) is 5.32 Å². The normalized spacial score (nSPS) is 25.7. The molecule has 0 bridgehead atoms. The zero-order valence-electron chi connectivity index (χ0n) is 10.9. The van der Waals surface area contributed by atoms with Crippen LogP contribution in [0.4, 0.5) is 0 Å². The Kier molecular flexibility index (Phi) is 4.80.